The van der Waals surface area contributed by atoms with Gasteiger partial charge in [0.1, 0.15) is 5.76 Å². The van der Waals surface area contributed by atoms with E-state index in [1.165, 1.54) is 0 Å². The molecule has 114 valence electrons. The Morgan fingerprint density at radius 3 is 2.57 bits per heavy atom. The van der Waals surface area contributed by atoms with E-state index in [4.69, 9.17) is 4.42 Å². The smallest absolute Gasteiger partial charge is 0.289 e. The Bertz CT molecular complexity index is 510. The molecule has 1 saturated heterocycles. The molecule has 1 aromatic heterocycles. The minimum atomic E-state index is -0.0432. The number of furan rings is 1. The number of nitriles is 1. The fourth-order valence-corrected chi connectivity index (χ4v) is 2.68. The fourth-order valence-electron chi connectivity index (χ4n) is 2.68. The summed E-state index contributed by atoms with van der Waals surface area (Å²) in [6.45, 7) is 6.91. The highest BCUT2D eigenvalue weighted by Gasteiger charge is 2.27. The number of hydrogen-bond donors (Lipinski definition) is 0. The molecule has 2 heterocycles. The van der Waals surface area contributed by atoms with E-state index in [-0.39, 0.29) is 11.9 Å². The van der Waals surface area contributed by atoms with Crippen LogP contribution in [0.25, 0.3) is 0 Å². The van der Waals surface area contributed by atoms with Crippen LogP contribution in [0.2, 0.25) is 0 Å². The summed E-state index contributed by atoms with van der Waals surface area (Å²) in [7, 11) is 0. The van der Waals surface area contributed by atoms with Gasteiger partial charge in [-0.1, -0.05) is 20.3 Å². The second-order valence-corrected chi connectivity index (χ2v) is 5.38. The van der Waals surface area contributed by atoms with Gasteiger partial charge >= 0.3 is 0 Å². The van der Waals surface area contributed by atoms with E-state index in [0.717, 1.165) is 38.1 Å². The Morgan fingerprint density at radius 1 is 1.33 bits per heavy atom. The quantitative estimate of drug-likeness (QED) is 0.834. The average Bonchev–Trinajstić information content (AvgIpc) is 3.01. The molecule has 5 nitrogen and oxygen atoms in total. The number of amides is 1. The lowest BCUT2D eigenvalue weighted by molar-refractivity contribution is 0.0570. The van der Waals surface area contributed by atoms with Crippen molar-refractivity contribution in [3.63, 3.8) is 0 Å². The van der Waals surface area contributed by atoms with Crippen molar-refractivity contribution in [2.75, 3.05) is 26.2 Å². The first-order valence-corrected chi connectivity index (χ1v) is 7.71. The van der Waals surface area contributed by atoms with Crippen molar-refractivity contribution in [3.8, 4) is 6.07 Å². The first-order chi connectivity index (χ1) is 10.2. The van der Waals surface area contributed by atoms with E-state index in [1.54, 1.807) is 6.07 Å². The van der Waals surface area contributed by atoms with E-state index >= 15 is 0 Å². The lowest BCUT2D eigenvalue weighted by atomic mass is 10.1. The van der Waals surface area contributed by atoms with Gasteiger partial charge in [0, 0.05) is 32.6 Å². The van der Waals surface area contributed by atoms with Gasteiger partial charge in [-0.3, -0.25) is 9.69 Å². The molecule has 1 aliphatic rings. The molecular weight excluding hydrogens is 266 g/mol. The topological polar surface area (TPSA) is 60.5 Å². The molecule has 1 atom stereocenters. The minimum absolute atomic E-state index is 0.0254. The number of rotatable bonds is 5. The lowest BCUT2D eigenvalue weighted by Gasteiger charge is -2.36. The van der Waals surface area contributed by atoms with Crippen LogP contribution in [0.5, 0.6) is 0 Å². The van der Waals surface area contributed by atoms with Crippen molar-refractivity contribution < 1.29 is 9.21 Å². The SMILES string of the molecule is CCCC(C#N)N1CCN(C(=O)c2ccc(CC)o2)CC1. The highest BCUT2D eigenvalue weighted by molar-refractivity contribution is 5.91. The van der Waals surface area contributed by atoms with E-state index < -0.39 is 0 Å². The molecular formula is C16H23N3O2. The van der Waals surface area contributed by atoms with Crippen molar-refractivity contribution in [1.29, 1.82) is 5.26 Å². The van der Waals surface area contributed by atoms with E-state index in [2.05, 4.69) is 17.9 Å². The van der Waals surface area contributed by atoms with Crippen LogP contribution in [-0.2, 0) is 6.42 Å². The monoisotopic (exact) mass is 289 g/mol. The maximum absolute atomic E-state index is 12.3. The molecule has 1 amide bonds. The van der Waals surface area contributed by atoms with Crippen molar-refractivity contribution in [2.45, 2.75) is 39.2 Å². The minimum Gasteiger partial charge on any atom is -0.456 e. The Morgan fingerprint density at radius 2 is 2.05 bits per heavy atom. The summed E-state index contributed by atoms with van der Waals surface area (Å²) < 4.78 is 5.52. The van der Waals surface area contributed by atoms with E-state index in [1.807, 2.05) is 17.9 Å². The van der Waals surface area contributed by atoms with Crippen molar-refractivity contribution in [2.24, 2.45) is 0 Å². The molecule has 0 saturated carbocycles. The Hall–Kier alpha value is -1.80. The third-order valence-corrected chi connectivity index (χ3v) is 3.97. The van der Waals surface area contributed by atoms with Crippen LogP contribution in [0, 0.1) is 11.3 Å². The number of piperazine rings is 1. The molecule has 2 rings (SSSR count). The molecule has 21 heavy (non-hydrogen) atoms. The summed E-state index contributed by atoms with van der Waals surface area (Å²) >= 11 is 0. The summed E-state index contributed by atoms with van der Waals surface area (Å²) in [5, 5.41) is 9.21. The van der Waals surface area contributed by atoms with Gasteiger partial charge in [-0.2, -0.15) is 5.26 Å². The molecule has 1 unspecified atom stereocenters. The maximum Gasteiger partial charge on any atom is 0.289 e. The van der Waals surface area contributed by atoms with Gasteiger partial charge < -0.3 is 9.32 Å². The summed E-state index contributed by atoms with van der Waals surface area (Å²) in [4.78, 5) is 16.3. The molecule has 0 radical (unpaired) electrons. The number of carbonyl (C=O) groups is 1. The Labute approximate surface area is 126 Å². The van der Waals surface area contributed by atoms with Gasteiger partial charge in [0.25, 0.3) is 5.91 Å². The summed E-state index contributed by atoms with van der Waals surface area (Å²) in [5.41, 5.74) is 0. The van der Waals surface area contributed by atoms with E-state index in [0.29, 0.717) is 18.8 Å². The van der Waals surface area contributed by atoms with Crippen molar-refractivity contribution in [3.05, 3.63) is 23.7 Å². The zero-order valence-corrected chi connectivity index (χ0v) is 12.8. The normalized spacial score (nSPS) is 17.5. The van der Waals surface area contributed by atoms with Crippen molar-refractivity contribution >= 4 is 5.91 Å². The number of hydrogen-bond acceptors (Lipinski definition) is 4. The highest BCUT2D eigenvalue weighted by Crippen LogP contribution is 2.15. The van der Waals surface area contributed by atoms with Crippen molar-refractivity contribution in [1.82, 2.24) is 9.80 Å². The molecule has 0 N–H and O–H groups in total. The molecule has 0 spiro atoms. The van der Waals surface area contributed by atoms with Crippen LogP contribution in [-0.4, -0.2) is 47.9 Å². The second-order valence-electron chi connectivity index (χ2n) is 5.38. The predicted molar refractivity (Wildman–Crippen MR) is 79.9 cm³/mol. The summed E-state index contributed by atoms with van der Waals surface area (Å²) in [5.74, 6) is 1.22. The van der Waals surface area contributed by atoms with Crippen LogP contribution in [0.15, 0.2) is 16.5 Å². The fraction of sp³-hybridized carbons (Fsp3) is 0.625. The second kappa shape index (κ2) is 7.28. The zero-order valence-electron chi connectivity index (χ0n) is 12.8. The predicted octanol–water partition coefficient (Wildman–Crippen LogP) is 2.29. The Balaban J connectivity index is 1.91. The van der Waals surface area contributed by atoms with Crippen LogP contribution in [0.3, 0.4) is 0 Å². The number of aryl methyl sites for hydroxylation is 1. The van der Waals surface area contributed by atoms with Crippen LogP contribution >= 0.6 is 0 Å². The molecule has 0 bridgehead atoms. The average molecular weight is 289 g/mol. The van der Waals surface area contributed by atoms with Crippen LogP contribution in [0.1, 0.15) is 43.0 Å². The molecule has 0 aromatic carbocycles. The highest BCUT2D eigenvalue weighted by atomic mass is 16.4. The lowest BCUT2D eigenvalue weighted by Crippen LogP contribution is -2.51. The zero-order chi connectivity index (χ0) is 15.2. The van der Waals surface area contributed by atoms with Gasteiger partial charge in [0.15, 0.2) is 5.76 Å². The van der Waals surface area contributed by atoms with Gasteiger partial charge in [0.2, 0.25) is 0 Å². The first-order valence-electron chi connectivity index (χ1n) is 7.71. The van der Waals surface area contributed by atoms with Gasteiger partial charge in [-0.25, -0.2) is 0 Å². The van der Waals surface area contributed by atoms with Gasteiger partial charge in [-0.05, 0) is 18.6 Å². The Kier molecular flexibility index (Phi) is 5.40. The van der Waals surface area contributed by atoms with Gasteiger partial charge in [0.05, 0.1) is 12.1 Å². The molecule has 1 fully saturated rings. The van der Waals surface area contributed by atoms with Crippen LogP contribution < -0.4 is 0 Å². The van der Waals surface area contributed by atoms with E-state index in [9.17, 15) is 10.1 Å². The van der Waals surface area contributed by atoms with Crippen LogP contribution in [0.4, 0.5) is 0 Å². The maximum atomic E-state index is 12.3. The summed E-state index contributed by atoms with van der Waals surface area (Å²) in [6, 6.07) is 5.95. The first kappa shape index (κ1) is 15.6. The molecule has 1 aromatic rings. The van der Waals surface area contributed by atoms with Gasteiger partial charge in [-0.15, -0.1) is 0 Å². The molecule has 0 aliphatic carbocycles. The third kappa shape index (κ3) is 3.64. The summed E-state index contributed by atoms with van der Waals surface area (Å²) in [6.07, 6.45) is 2.69. The standard InChI is InChI=1S/C16H23N3O2/c1-3-5-13(12-17)18-8-10-19(11-9-18)16(20)15-7-6-14(4-2)21-15/h6-7,13H,3-5,8-11H2,1-2H3. The molecule has 5 heteroatoms. The number of nitrogens with zero attached hydrogens (tertiary/aromatic N) is 3. The number of carbonyl (C=O) groups excluding carboxylic acids is 1. The third-order valence-electron chi connectivity index (χ3n) is 3.97. The molecule has 1 aliphatic heterocycles. The largest absolute Gasteiger partial charge is 0.456 e.